The minimum Gasteiger partial charge on any atom is -0.464 e. The molecule has 0 radical (unpaired) electrons. The third-order valence-electron chi connectivity index (χ3n) is 6.27. The van der Waals surface area contributed by atoms with Crippen molar-refractivity contribution in [1.29, 1.82) is 0 Å². The summed E-state index contributed by atoms with van der Waals surface area (Å²) in [6.45, 7) is 2.04. The second-order valence-corrected chi connectivity index (χ2v) is 9.17. The Morgan fingerprint density at radius 3 is 1.98 bits per heavy atom. The first-order valence-electron chi connectivity index (χ1n) is 12.8. The Morgan fingerprint density at radius 2 is 1.41 bits per heavy atom. The number of rotatable bonds is 6. The Bertz CT molecular complexity index is 1770. The van der Waals surface area contributed by atoms with Crippen LogP contribution in [0, 0.1) is 6.92 Å². The molecule has 0 unspecified atom stereocenters. The molecule has 3 aromatic heterocycles. The lowest BCUT2D eigenvalue weighted by molar-refractivity contribution is 0.155. The molecule has 1 amide bonds. The summed E-state index contributed by atoms with van der Waals surface area (Å²) >= 11 is 0. The average molecular weight is 550 g/mol. The second-order valence-electron chi connectivity index (χ2n) is 9.17. The highest BCUT2D eigenvalue weighted by molar-refractivity contribution is 5.89. The van der Waals surface area contributed by atoms with E-state index in [0.717, 1.165) is 44.7 Å². The van der Waals surface area contributed by atoms with E-state index < -0.39 is 11.7 Å². The number of aliphatic hydroxyl groups excluding tert-OH is 1. The van der Waals surface area contributed by atoms with E-state index >= 15 is 0 Å². The molecule has 0 fully saturated rings. The zero-order valence-electron chi connectivity index (χ0n) is 22.2. The van der Waals surface area contributed by atoms with E-state index in [1.165, 1.54) is 6.07 Å². The van der Waals surface area contributed by atoms with Gasteiger partial charge in [-0.05, 0) is 60.0 Å². The van der Waals surface area contributed by atoms with Gasteiger partial charge in [0.15, 0.2) is 0 Å². The van der Waals surface area contributed by atoms with Crippen molar-refractivity contribution < 1.29 is 27.9 Å². The molecule has 0 bridgehead atoms. The lowest BCUT2D eigenvalue weighted by atomic mass is 10.1. The van der Waals surface area contributed by atoms with E-state index in [4.69, 9.17) is 23.1 Å². The third-order valence-corrected chi connectivity index (χ3v) is 6.27. The number of furan rings is 2. The highest BCUT2D eigenvalue weighted by Crippen LogP contribution is 2.23. The van der Waals surface area contributed by atoms with Crippen molar-refractivity contribution in [2.45, 2.75) is 20.1 Å². The van der Waals surface area contributed by atoms with E-state index in [1.54, 1.807) is 30.7 Å². The molecule has 6 rings (SSSR count). The zero-order chi connectivity index (χ0) is 28.6. The van der Waals surface area contributed by atoms with Gasteiger partial charge >= 0.3 is 11.7 Å². The molecule has 8 nitrogen and oxygen atoms in total. The summed E-state index contributed by atoms with van der Waals surface area (Å²) in [5.74, 6) is 1.63. The maximum Gasteiger partial charge on any atom is 0.411 e. The number of aryl methyl sites for hydroxylation is 1. The van der Waals surface area contributed by atoms with Gasteiger partial charge in [0.25, 0.3) is 0 Å². The summed E-state index contributed by atoms with van der Waals surface area (Å²) in [7, 11) is 0. The predicted octanol–water partition coefficient (Wildman–Crippen LogP) is 7.55. The lowest BCUT2D eigenvalue weighted by Gasteiger charge is -2.08. The number of fused-ring (bicyclic) bond motifs is 1. The van der Waals surface area contributed by atoms with Gasteiger partial charge in [0.1, 0.15) is 23.7 Å². The first-order chi connectivity index (χ1) is 20.0. The topological polar surface area (TPSA) is 115 Å². The Hall–Kier alpha value is -5.34. The number of carbonyl (C=O) groups excluding carboxylic acids is 1. The summed E-state index contributed by atoms with van der Waals surface area (Å²) < 4.78 is 21.0. The minimum absolute atomic E-state index is 0.0818. The fourth-order valence-corrected chi connectivity index (χ4v) is 4.13. The van der Waals surface area contributed by atoms with Crippen LogP contribution in [0.3, 0.4) is 0 Å². The van der Waals surface area contributed by atoms with Gasteiger partial charge < -0.3 is 23.1 Å². The van der Waals surface area contributed by atoms with Gasteiger partial charge in [0, 0.05) is 34.3 Å². The van der Waals surface area contributed by atoms with Gasteiger partial charge in [-0.1, -0.05) is 48.5 Å². The van der Waals surface area contributed by atoms with Crippen LogP contribution in [0.25, 0.3) is 33.6 Å². The van der Waals surface area contributed by atoms with Crippen LogP contribution in [-0.2, 0) is 18.0 Å². The van der Waals surface area contributed by atoms with E-state index in [0.29, 0.717) is 11.3 Å². The zero-order valence-corrected chi connectivity index (χ0v) is 22.2. The molecule has 0 aliphatic carbocycles. The number of amides is 1. The summed E-state index contributed by atoms with van der Waals surface area (Å²) in [5.41, 5.74) is 5.03. The molecule has 8 heteroatoms. The first kappa shape index (κ1) is 27.2. The van der Waals surface area contributed by atoms with Crippen LogP contribution < -0.4 is 10.9 Å². The molecule has 0 atom stereocenters. The van der Waals surface area contributed by atoms with Crippen molar-refractivity contribution in [3.63, 3.8) is 0 Å². The maximum atomic E-state index is 12.1. The molecule has 2 N–H and O–H groups in total. The standard InChI is InChI=1S/C22H17NO5.C11H10O2/c1-14-11-21(24)28-20-12-17(8-9-18(14)20)23-22(25)27-13-15-4-6-16(7-5-15)19-3-2-10-26-19;12-8-9-3-5-10(6-4-9)11-2-1-7-13-11/h2-12H,13H2,1H3,(H,23,25);1-7,12H,8H2. The average Bonchev–Trinajstić information content (AvgIpc) is 3.72. The van der Waals surface area contributed by atoms with Crippen molar-refractivity contribution in [1.82, 2.24) is 0 Å². The van der Waals surface area contributed by atoms with Crippen LogP contribution in [0.1, 0.15) is 16.7 Å². The normalized spacial score (nSPS) is 10.6. The Balaban J connectivity index is 0.000000216. The van der Waals surface area contributed by atoms with Gasteiger partial charge in [-0.2, -0.15) is 0 Å². The molecule has 206 valence electrons. The maximum absolute atomic E-state index is 12.1. The molecule has 6 aromatic rings. The molecule has 3 aromatic carbocycles. The van der Waals surface area contributed by atoms with Crippen LogP contribution in [0.4, 0.5) is 10.5 Å². The number of aliphatic hydroxyl groups is 1. The van der Waals surface area contributed by atoms with E-state index in [2.05, 4.69) is 5.32 Å². The number of anilines is 1. The van der Waals surface area contributed by atoms with Crippen molar-refractivity contribution in [2.24, 2.45) is 0 Å². The molecular weight excluding hydrogens is 522 g/mol. The molecule has 0 saturated carbocycles. The molecule has 0 saturated heterocycles. The van der Waals surface area contributed by atoms with Crippen LogP contribution in [0.2, 0.25) is 0 Å². The fourth-order valence-electron chi connectivity index (χ4n) is 4.13. The highest BCUT2D eigenvalue weighted by Gasteiger charge is 2.08. The predicted molar refractivity (Wildman–Crippen MR) is 155 cm³/mol. The monoisotopic (exact) mass is 549 g/mol. The Morgan fingerprint density at radius 1 is 0.805 bits per heavy atom. The van der Waals surface area contributed by atoms with Gasteiger partial charge in [-0.3, -0.25) is 5.32 Å². The molecular formula is C33H27NO7. The quantitative estimate of drug-likeness (QED) is 0.206. The van der Waals surface area contributed by atoms with Gasteiger partial charge in [-0.15, -0.1) is 0 Å². The molecule has 0 aliphatic heterocycles. The molecule has 0 aliphatic rings. The van der Waals surface area contributed by atoms with Gasteiger partial charge in [0.2, 0.25) is 0 Å². The highest BCUT2D eigenvalue weighted by atomic mass is 16.5. The van der Waals surface area contributed by atoms with Crippen LogP contribution in [0.5, 0.6) is 0 Å². The van der Waals surface area contributed by atoms with Gasteiger partial charge in [0.05, 0.1) is 19.1 Å². The molecule has 0 spiro atoms. The fraction of sp³-hybridized carbons (Fsp3) is 0.0909. The lowest BCUT2D eigenvalue weighted by Crippen LogP contribution is -2.13. The smallest absolute Gasteiger partial charge is 0.411 e. The van der Waals surface area contributed by atoms with E-state index in [-0.39, 0.29) is 13.2 Å². The number of nitrogens with one attached hydrogen (secondary N) is 1. The molecule has 3 heterocycles. The largest absolute Gasteiger partial charge is 0.464 e. The Kier molecular flexibility index (Phi) is 8.42. The summed E-state index contributed by atoms with van der Waals surface area (Å²) in [4.78, 5) is 23.6. The van der Waals surface area contributed by atoms with Crippen LogP contribution in [-0.4, -0.2) is 11.2 Å². The summed E-state index contributed by atoms with van der Waals surface area (Å²) in [5, 5.41) is 12.3. The van der Waals surface area contributed by atoms with E-state index in [1.807, 2.05) is 79.7 Å². The van der Waals surface area contributed by atoms with Crippen molar-refractivity contribution >= 4 is 22.7 Å². The van der Waals surface area contributed by atoms with Crippen LogP contribution in [0.15, 0.2) is 128 Å². The van der Waals surface area contributed by atoms with Crippen LogP contribution >= 0.6 is 0 Å². The van der Waals surface area contributed by atoms with Crippen molar-refractivity contribution in [3.8, 4) is 22.6 Å². The SMILES string of the molecule is Cc1cc(=O)oc2cc(NC(=O)OCc3ccc(-c4ccco4)cc3)ccc12.OCc1ccc(-c2ccco2)cc1. The van der Waals surface area contributed by atoms with Crippen molar-refractivity contribution in [2.75, 3.05) is 5.32 Å². The van der Waals surface area contributed by atoms with E-state index in [9.17, 15) is 9.59 Å². The minimum atomic E-state index is -0.593. The summed E-state index contributed by atoms with van der Waals surface area (Å²) in [6, 6.07) is 29.2. The number of hydrogen-bond acceptors (Lipinski definition) is 7. The first-order valence-corrected chi connectivity index (χ1v) is 12.8. The summed E-state index contributed by atoms with van der Waals surface area (Å²) in [6.07, 6.45) is 2.68. The van der Waals surface area contributed by atoms with Crippen molar-refractivity contribution in [3.05, 3.63) is 137 Å². The van der Waals surface area contributed by atoms with Gasteiger partial charge in [-0.25, -0.2) is 9.59 Å². The number of benzene rings is 3. The third kappa shape index (κ3) is 7.00. The number of hydrogen-bond donors (Lipinski definition) is 2. The number of carbonyl (C=O) groups is 1. The Labute approximate surface area is 235 Å². The number of ether oxygens (including phenoxy) is 1. The second kappa shape index (κ2) is 12.7. The molecule has 41 heavy (non-hydrogen) atoms.